The fourth-order valence-electron chi connectivity index (χ4n) is 3.73. The summed E-state index contributed by atoms with van der Waals surface area (Å²) in [6, 6.07) is 7.27. The Morgan fingerprint density at radius 2 is 1.96 bits per heavy atom. The lowest BCUT2D eigenvalue weighted by molar-refractivity contribution is -0.132. The van der Waals surface area contributed by atoms with E-state index in [4.69, 9.17) is 5.73 Å². The number of anilines is 2. The van der Waals surface area contributed by atoms with Gasteiger partial charge >= 0.3 is 0 Å². The average Bonchev–Trinajstić information content (AvgIpc) is 3.02. The zero-order valence-electron chi connectivity index (χ0n) is 15.3. The number of para-hydroxylation sites is 1. The van der Waals surface area contributed by atoms with Crippen molar-refractivity contribution in [3.8, 4) is 0 Å². The number of aromatic nitrogens is 2. The number of unbranched alkanes of at least 4 members (excludes halogenated alkanes) is 2. The third-order valence-corrected chi connectivity index (χ3v) is 4.96. The van der Waals surface area contributed by atoms with Gasteiger partial charge in [0.05, 0.1) is 30.1 Å². The summed E-state index contributed by atoms with van der Waals surface area (Å²) in [7, 11) is 0. The van der Waals surface area contributed by atoms with Crippen molar-refractivity contribution >= 4 is 17.4 Å². The van der Waals surface area contributed by atoms with Crippen molar-refractivity contribution in [1.29, 1.82) is 0 Å². The van der Waals surface area contributed by atoms with E-state index in [1.165, 1.54) is 4.68 Å². The summed E-state index contributed by atoms with van der Waals surface area (Å²) >= 11 is 0. The fraction of sp³-hybridized carbons (Fsp3) is 0.474. The Labute approximate surface area is 153 Å². The van der Waals surface area contributed by atoms with Gasteiger partial charge in [-0.15, -0.1) is 0 Å². The van der Waals surface area contributed by atoms with Crippen LogP contribution in [0.15, 0.2) is 24.3 Å². The van der Waals surface area contributed by atoms with Crippen molar-refractivity contribution in [3.05, 3.63) is 41.1 Å². The van der Waals surface area contributed by atoms with Gasteiger partial charge in [-0.3, -0.25) is 4.79 Å². The van der Waals surface area contributed by atoms with Crippen LogP contribution in [0.25, 0.3) is 0 Å². The summed E-state index contributed by atoms with van der Waals surface area (Å²) in [5, 5.41) is 25.1. The molecule has 140 valence electrons. The number of hydrogen-bond acceptors (Lipinski definition) is 5. The summed E-state index contributed by atoms with van der Waals surface area (Å²) in [4.78, 5) is 14.9. The van der Waals surface area contributed by atoms with Crippen molar-refractivity contribution in [2.45, 2.75) is 45.3 Å². The Balaban J connectivity index is 2.11. The van der Waals surface area contributed by atoms with Crippen LogP contribution in [0, 0.1) is 6.92 Å². The standard InChI is InChI=1S/C19H26N4O3/c1-3-4-7-10-22-15-9-6-5-8-14(15)19(26,18(22)25)16-13(2)21-23(11-12-24)17(16)20/h5-6,8-9,24,26H,3-4,7,10-12,20H2,1-2H3/t19-/m0/s1. The summed E-state index contributed by atoms with van der Waals surface area (Å²) in [6.45, 7) is 4.45. The first-order valence-electron chi connectivity index (χ1n) is 9.04. The minimum atomic E-state index is -1.86. The van der Waals surface area contributed by atoms with Crippen molar-refractivity contribution in [2.75, 3.05) is 23.8 Å². The van der Waals surface area contributed by atoms with Crippen LogP contribution in [0.2, 0.25) is 0 Å². The van der Waals surface area contributed by atoms with E-state index < -0.39 is 11.5 Å². The molecule has 1 aromatic carbocycles. The lowest BCUT2D eigenvalue weighted by Gasteiger charge is -2.24. The molecular weight excluding hydrogens is 332 g/mol. The molecule has 0 saturated heterocycles. The molecule has 4 N–H and O–H groups in total. The second-order valence-electron chi connectivity index (χ2n) is 6.68. The van der Waals surface area contributed by atoms with E-state index in [1.807, 2.05) is 12.1 Å². The largest absolute Gasteiger partial charge is 0.394 e. The minimum absolute atomic E-state index is 0.128. The molecule has 7 heteroatoms. The van der Waals surface area contributed by atoms with Gasteiger partial charge < -0.3 is 20.8 Å². The predicted molar refractivity (Wildman–Crippen MR) is 99.8 cm³/mol. The lowest BCUT2D eigenvalue weighted by atomic mass is 9.87. The van der Waals surface area contributed by atoms with Gasteiger partial charge in [0, 0.05) is 12.1 Å². The highest BCUT2D eigenvalue weighted by atomic mass is 16.3. The van der Waals surface area contributed by atoms with E-state index in [0.29, 0.717) is 29.1 Å². The molecule has 1 aliphatic rings. The Hall–Kier alpha value is -2.38. The molecule has 0 radical (unpaired) electrons. The number of aliphatic hydroxyl groups excluding tert-OH is 1. The number of carbonyl (C=O) groups excluding carboxylic acids is 1. The first-order valence-corrected chi connectivity index (χ1v) is 9.04. The summed E-state index contributed by atoms with van der Waals surface area (Å²) in [5.74, 6) is -0.189. The third-order valence-electron chi connectivity index (χ3n) is 4.96. The molecule has 7 nitrogen and oxygen atoms in total. The number of hydrogen-bond donors (Lipinski definition) is 3. The van der Waals surface area contributed by atoms with E-state index in [2.05, 4.69) is 12.0 Å². The average molecular weight is 358 g/mol. The zero-order chi connectivity index (χ0) is 18.9. The number of rotatable bonds is 7. The van der Waals surface area contributed by atoms with E-state index in [9.17, 15) is 15.0 Å². The maximum Gasteiger partial charge on any atom is 0.268 e. The topological polar surface area (TPSA) is 105 Å². The highest BCUT2D eigenvalue weighted by molar-refractivity contribution is 6.09. The maximum atomic E-state index is 13.3. The smallest absolute Gasteiger partial charge is 0.268 e. The summed E-state index contributed by atoms with van der Waals surface area (Å²) < 4.78 is 1.43. The van der Waals surface area contributed by atoms with Gasteiger partial charge in [0.25, 0.3) is 5.91 Å². The predicted octanol–water partition coefficient (Wildman–Crippen LogP) is 1.54. The molecule has 1 aliphatic heterocycles. The molecule has 26 heavy (non-hydrogen) atoms. The molecule has 1 amide bonds. The quantitative estimate of drug-likeness (QED) is 0.651. The van der Waals surface area contributed by atoms with Crippen molar-refractivity contribution in [2.24, 2.45) is 0 Å². The van der Waals surface area contributed by atoms with E-state index >= 15 is 0 Å². The van der Waals surface area contributed by atoms with E-state index in [-0.39, 0.29) is 19.0 Å². The van der Waals surface area contributed by atoms with Crippen LogP contribution in [0.1, 0.15) is 43.0 Å². The van der Waals surface area contributed by atoms with Crippen molar-refractivity contribution < 1.29 is 15.0 Å². The molecule has 0 spiro atoms. The van der Waals surface area contributed by atoms with E-state index in [1.54, 1.807) is 24.0 Å². The van der Waals surface area contributed by atoms with Gasteiger partial charge in [0.15, 0.2) is 0 Å². The number of carbonyl (C=O) groups is 1. The number of aliphatic hydroxyl groups is 2. The first kappa shape index (κ1) is 18.4. The second kappa shape index (κ2) is 7.09. The van der Waals surface area contributed by atoms with Gasteiger partial charge in [0.2, 0.25) is 5.60 Å². The van der Waals surface area contributed by atoms with Crippen LogP contribution in [0.3, 0.4) is 0 Å². The number of nitrogens with zero attached hydrogens (tertiary/aromatic N) is 3. The number of benzene rings is 1. The SMILES string of the molecule is CCCCCN1C(=O)[C@@](O)(c2c(C)nn(CCO)c2N)c2ccccc21. The molecule has 0 aliphatic carbocycles. The van der Waals surface area contributed by atoms with Crippen LogP contribution in [-0.4, -0.2) is 39.1 Å². The van der Waals surface area contributed by atoms with Crippen LogP contribution < -0.4 is 10.6 Å². The van der Waals surface area contributed by atoms with Crippen LogP contribution >= 0.6 is 0 Å². The summed E-state index contributed by atoms with van der Waals surface area (Å²) in [5.41, 5.74) is 6.37. The number of fused-ring (bicyclic) bond motifs is 1. The van der Waals surface area contributed by atoms with Gasteiger partial charge in [-0.25, -0.2) is 4.68 Å². The first-order chi connectivity index (χ1) is 12.5. The molecule has 1 atom stereocenters. The monoisotopic (exact) mass is 358 g/mol. The Kier molecular flexibility index (Phi) is 5.02. The van der Waals surface area contributed by atoms with E-state index in [0.717, 1.165) is 19.3 Å². The number of aryl methyl sites for hydroxylation is 1. The molecule has 0 saturated carbocycles. The Morgan fingerprint density at radius 3 is 2.65 bits per heavy atom. The summed E-state index contributed by atoms with van der Waals surface area (Å²) in [6.07, 6.45) is 2.93. The van der Waals surface area contributed by atoms with Gasteiger partial charge in [0.1, 0.15) is 5.82 Å². The molecule has 0 fully saturated rings. The van der Waals surface area contributed by atoms with Crippen LogP contribution in [0.5, 0.6) is 0 Å². The zero-order valence-corrected chi connectivity index (χ0v) is 15.3. The molecule has 3 rings (SSSR count). The van der Waals surface area contributed by atoms with Gasteiger partial charge in [-0.05, 0) is 19.4 Å². The second-order valence-corrected chi connectivity index (χ2v) is 6.68. The molecule has 2 aromatic rings. The number of nitrogens with two attached hydrogens (primary N) is 1. The molecule has 1 aromatic heterocycles. The minimum Gasteiger partial charge on any atom is -0.394 e. The normalized spacial score (nSPS) is 19.2. The Morgan fingerprint density at radius 1 is 1.23 bits per heavy atom. The number of nitrogen functional groups attached to an aromatic ring is 1. The van der Waals surface area contributed by atoms with Crippen LogP contribution in [-0.2, 0) is 16.9 Å². The van der Waals surface area contributed by atoms with Gasteiger partial charge in [-0.1, -0.05) is 38.0 Å². The molecule has 2 heterocycles. The Bertz CT molecular complexity index is 817. The third kappa shape index (κ3) is 2.68. The highest BCUT2D eigenvalue weighted by Crippen LogP contribution is 2.47. The lowest BCUT2D eigenvalue weighted by Crippen LogP contribution is -2.42. The van der Waals surface area contributed by atoms with Gasteiger partial charge in [-0.2, -0.15) is 5.10 Å². The maximum absolute atomic E-state index is 13.3. The number of amides is 1. The van der Waals surface area contributed by atoms with Crippen molar-refractivity contribution in [3.63, 3.8) is 0 Å². The molecule has 0 bridgehead atoms. The molecular formula is C19H26N4O3. The fourth-order valence-corrected chi connectivity index (χ4v) is 3.73. The van der Waals surface area contributed by atoms with Crippen LogP contribution in [0.4, 0.5) is 11.5 Å². The van der Waals surface area contributed by atoms with Crippen molar-refractivity contribution in [1.82, 2.24) is 9.78 Å². The highest BCUT2D eigenvalue weighted by Gasteiger charge is 2.53. The molecule has 0 unspecified atom stereocenters.